The van der Waals surface area contributed by atoms with Crippen molar-refractivity contribution in [2.75, 3.05) is 73.1 Å². The lowest BCUT2D eigenvalue weighted by Gasteiger charge is -2.45. The summed E-state index contributed by atoms with van der Waals surface area (Å²) < 4.78 is 85.1. The van der Waals surface area contributed by atoms with Gasteiger partial charge in [-0.15, -0.1) is 10.2 Å². The first-order valence-electron chi connectivity index (χ1n) is 45.5. The van der Waals surface area contributed by atoms with Gasteiger partial charge in [-0.2, -0.15) is 0 Å². The number of phenols is 1. The van der Waals surface area contributed by atoms with Crippen LogP contribution in [0.25, 0.3) is 0 Å². The minimum Gasteiger partial charge on any atom is -0.505 e. The third kappa shape index (κ3) is 17.8. The molecule has 19 rings (SSSR count). The van der Waals surface area contributed by atoms with E-state index in [0.29, 0.717) is 153 Å². The van der Waals surface area contributed by atoms with Gasteiger partial charge in [0.15, 0.2) is 34.7 Å². The van der Waals surface area contributed by atoms with Gasteiger partial charge in [0.05, 0.1) is 66.4 Å². The average Bonchev–Trinajstić information content (AvgIpc) is 1.31. The summed E-state index contributed by atoms with van der Waals surface area (Å²) in [6.07, 6.45) is 18.6. The lowest BCUT2D eigenvalue weighted by molar-refractivity contribution is -0.169. The number of benzene rings is 4. The van der Waals surface area contributed by atoms with Crippen LogP contribution in [0.3, 0.4) is 0 Å². The number of aromatic hydroxyl groups is 1. The zero-order valence-electron chi connectivity index (χ0n) is 73.9. The molecule has 10 heterocycles. The summed E-state index contributed by atoms with van der Waals surface area (Å²) in [5.74, 6) is -4.76. The minimum absolute atomic E-state index is 0.000786. The molecule has 688 valence electrons. The van der Waals surface area contributed by atoms with Crippen LogP contribution in [0.4, 0.5) is 18.0 Å². The van der Waals surface area contributed by atoms with Gasteiger partial charge >= 0.3 is 18.0 Å². The van der Waals surface area contributed by atoms with Crippen LogP contribution in [-0.4, -0.2) is 196 Å². The number of rotatable bonds is 20. The maximum Gasteiger partial charge on any atom is 0.410 e. The summed E-state index contributed by atoms with van der Waals surface area (Å²) in [6.45, 7) is 13.6. The number of ether oxygens (including phenoxy) is 6. The van der Waals surface area contributed by atoms with Crippen LogP contribution in [0, 0.1) is 56.4 Å². The normalized spacial score (nSPS) is 24.9. The van der Waals surface area contributed by atoms with Crippen LogP contribution in [0.15, 0.2) is 36.4 Å². The van der Waals surface area contributed by atoms with Crippen LogP contribution in [0.1, 0.15) is 249 Å². The molecule has 6 aromatic rings. The second-order valence-corrected chi connectivity index (χ2v) is 40.7. The summed E-state index contributed by atoms with van der Waals surface area (Å²) >= 11 is 19.7. The predicted octanol–water partition coefficient (Wildman–Crippen LogP) is 15.1. The van der Waals surface area contributed by atoms with Gasteiger partial charge in [0, 0.05) is 135 Å². The van der Waals surface area contributed by atoms with Gasteiger partial charge in [-0.05, 0) is 220 Å². The maximum absolute atomic E-state index is 16.2. The number of aromatic nitrogens is 6. The molecule has 34 heteroatoms. The number of phenolic OH excluding ortho intramolecular Hbond substituents is 1. The fourth-order valence-corrected chi connectivity index (χ4v) is 22.7. The van der Waals surface area contributed by atoms with Gasteiger partial charge in [-0.1, -0.05) is 70.9 Å². The van der Waals surface area contributed by atoms with Crippen molar-refractivity contribution in [3.8, 4) is 28.7 Å². The van der Waals surface area contributed by atoms with Crippen molar-refractivity contribution in [3.05, 3.63) is 131 Å². The number of carbonyl (C=O) groups excluding carboxylic acids is 7. The number of carbonyl (C=O) groups is 8. The Balaban J connectivity index is 0.000000141. The Morgan fingerprint density at radius 3 is 1.38 bits per heavy atom. The first-order chi connectivity index (χ1) is 61.1. The van der Waals surface area contributed by atoms with E-state index in [1.165, 1.54) is 17.0 Å². The molecule has 28 nitrogen and oxygen atoms in total. The molecule has 2 aromatic heterocycles. The number of hydrogen-bond acceptors (Lipinski definition) is 19. The van der Waals surface area contributed by atoms with E-state index in [-0.39, 0.29) is 124 Å². The third-order valence-corrected chi connectivity index (χ3v) is 30.8. The molecule has 3 spiro atoms. The van der Waals surface area contributed by atoms with Gasteiger partial charge in [0.2, 0.25) is 29.5 Å². The van der Waals surface area contributed by atoms with Gasteiger partial charge in [-0.25, -0.2) is 27.3 Å². The Kier molecular flexibility index (Phi) is 25.1. The van der Waals surface area contributed by atoms with E-state index in [4.69, 9.17) is 63.2 Å². The lowest BCUT2D eigenvalue weighted by Crippen LogP contribution is -2.53. The van der Waals surface area contributed by atoms with Gasteiger partial charge in [-0.3, -0.25) is 38.5 Å². The van der Waals surface area contributed by atoms with E-state index >= 15 is 13.6 Å². The Morgan fingerprint density at radius 2 is 0.945 bits per heavy atom. The molecular weight excluding hydrogens is 1720 g/mol. The number of carboxylic acid groups (broad SMARTS) is 1. The maximum atomic E-state index is 16.2. The molecule has 0 unspecified atom stereocenters. The number of nitrogens with zero attached hydrogens (tertiary/aromatic N) is 12. The second-order valence-electron chi connectivity index (χ2n) is 39.5. The molecule has 5 aliphatic carbocycles. The van der Waals surface area contributed by atoms with Crippen molar-refractivity contribution in [2.45, 2.75) is 258 Å². The topological polar surface area (TPSA) is 313 Å². The number of esters is 1. The first-order valence-corrected chi connectivity index (χ1v) is 46.6. The summed E-state index contributed by atoms with van der Waals surface area (Å²) in [5.41, 5.74) is 4.18. The van der Waals surface area contributed by atoms with E-state index in [0.717, 1.165) is 133 Å². The van der Waals surface area contributed by atoms with Crippen molar-refractivity contribution in [1.29, 1.82) is 0 Å². The first kappa shape index (κ1) is 90.3. The summed E-state index contributed by atoms with van der Waals surface area (Å²) in [6, 6.07) is 6.72. The molecule has 8 aliphatic heterocycles. The quantitative estimate of drug-likeness (QED) is 0.0671. The SMILES string of the molecule is CC(C)(C)OC(=O)N1CCc2c(Cl)cc(F)c(O)c2[C@H]1CN1CC2(CC2)CC1=O.COc1ccc(COC(=O)[C@@]2(C)CCCC[C@H]2C(=O)N2CCc3c(Cl)cc(F)c(OCc4nnn5c4CCCC5)c3[C@H]2CN2CC3(CC3)CC2=O)c(OC)c1.C[C@]1(C(=O)O)CCCC[C@H]1C(=O)N1CCc2c(Cl)cc(F)c(OCc3nnn4c3CCCC4)c2[C@H]1CN1CC2(CC2)CC1=O. The zero-order valence-corrected chi connectivity index (χ0v) is 76.1. The number of aryl methyl sites for hydroxylation is 2. The second kappa shape index (κ2) is 35.6. The number of carboxylic acids is 1. The van der Waals surface area contributed by atoms with Crippen molar-refractivity contribution in [3.63, 3.8) is 0 Å². The molecule has 7 atom stereocenters. The summed E-state index contributed by atoms with van der Waals surface area (Å²) in [4.78, 5) is 119. The molecule has 6 amide bonds. The molecule has 0 bridgehead atoms. The van der Waals surface area contributed by atoms with E-state index in [9.17, 15) is 48.2 Å². The standard InChI is InChI=1S/C41H49ClFN5O7.C32H39ClFN5O5.C21H26ClFN2O4/c1-40(39(51)55-22-25-10-11-26(52-2)18-34(25)53-3)13-6-4-8-28(40)38(50)47-17-12-27-29(42)19-30(43)37(54-23-31-32-9-5-7-16-48(32)45-44-31)36(27)33(47)21-46-24-41(14-15-41)20-35(46)49;1-31(30(42)43)9-4-2-6-20(31)29(41)38-13-8-19-21(33)14-22(34)28(44-17-23-24-7-3-5-12-39(24)36-35-23)27(19)25(38)16-37-18-32(10-11-32)15-26(37)40;1-20(2,3)29-19(28)25-7-4-12-13(22)8-14(23)18(27)17(12)15(25)10-24-11-21(5-6-21)9-16(24)26/h10-11,18-19,28,33H,4-9,12-17,20-24H2,1-3H3;14,20,25H,2-13,15-18H2,1H3,(H,42,43);8,15,27H,4-7,9-11H2,1-3H3/t28-,33+,40-;20-,25+,31-;15-/m001/s1. The van der Waals surface area contributed by atoms with Crippen molar-refractivity contribution < 1.29 is 90.2 Å². The number of hydrogen-bond donors (Lipinski definition) is 2. The Labute approximate surface area is 757 Å². The van der Waals surface area contributed by atoms with Gasteiger partial charge in [0.1, 0.15) is 48.3 Å². The fourth-order valence-electron chi connectivity index (χ4n) is 21.9. The molecule has 4 aromatic carbocycles. The Morgan fingerprint density at radius 1 is 0.516 bits per heavy atom. The molecular formula is C94H114Cl3F3N12O16. The smallest absolute Gasteiger partial charge is 0.410 e. The Hall–Kier alpha value is -9.62. The number of amides is 6. The van der Waals surface area contributed by atoms with Crippen molar-refractivity contribution in [1.82, 2.24) is 59.4 Å². The third-order valence-electron chi connectivity index (χ3n) is 29.8. The van der Waals surface area contributed by atoms with Crippen molar-refractivity contribution in [2.24, 2.45) is 38.9 Å². The molecule has 13 aliphatic rings. The Bertz CT molecular complexity index is 5400. The summed E-state index contributed by atoms with van der Waals surface area (Å²) in [5, 5.41) is 38.6. The number of methoxy groups -OCH3 is 2. The van der Waals surface area contributed by atoms with Crippen LogP contribution in [0.5, 0.6) is 28.7 Å². The van der Waals surface area contributed by atoms with E-state index in [2.05, 4.69) is 20.6 Å². The van der Waals surface area contributed by atoms with Crippen LogP contribution in [-0.2, 0) is 108 Å². The van der Waals surface area contributed by atoms with Crippen LogP contribution >= 0.6 is 34.8 Å². The molecule has 8 fully saturated rings. The molecule has 128 heavy (non-hydrogen) atoms. The number of halogens is 6. The van der Waals surface area contributed by atoms with Crippen LogP contribution in [0.2, 0.25) is 15.1 Å². The van der Waals surface area contributed by atoms with Crippen LogP contribution < -0.4 is 18.9 Å². The highest BCUT2D eigenvalue weighted by Crippen LogP contribution is 2.58. The zero-order chi connectivity index (χ0) is 90.4. The van der Waals surface area contributed by atoms with Crippen molar-refractivity contribution >= 4 is 82.4 Å². The number of aliphatic carboxylic acids is 1. The monoisotopic (exact) mass is 1830 g/mol. The van der Waals surface area contributed by atoms with Gasteiger partial charge < -0.3 is 63.1 Å². The van der Waals surface area contributed by atoms with Gasteiger partial charge in [0.25, 0.3) is 0 Å². The number of fused-ring (bicyclic) bond motifs is 5. The largest absolute Gasteiger partial charge is 0.505 e. The highest BCUT2D eigenvalue weighted by Gasteiger charge is 2.58. The molecule has 0 radical (unpaired) electrons. The highest BCUT2D eigenvalue weighted by molar-refractivity contribution is 6.32. The highest BCUT2D eigenvalue weighted by atomic mass is 35.5. The summed E-state index contributed by atoms with van der Waals surface area (Å²) in [7, 11) is 3.11. The molecule has 3 saturated heterocycles. The predicted molar refractivity (Wildman–Crippen MR) is 462 cm³/mol. The van der Waals surface area contributed by atoms with E-state index in [1.54, 1.807) is 79.7 Å². The minimum atomic E-state index is -1.20. The van der Waals surface area contributed by atoms with E-state index < -0.39 is 87.6 Å². The lowest BCUT2D eigenvalue weighted by atomic mass is 9.66. The average molecular weight is 1830 g/mol. The molecule has 2 N–H and O–H groups in total. The van der Waals surface area contributed by atoms with E-state index in [1.807, 2.05) is 21.2 Å². The molecule has 5 saturated carbocycles. The fraction of sp³-hybridized carbons (Fsp3) is 0.617. The number of likely N-dealkylation sites (tertiary alicyclic amines) is 3.